The minimum atomic E-state index is 0. The zero-order chi connectivity index (χ0) is 0. The molecule has 3 heteroatoms. The van der Waals surface area contributed by atoms with Gasteiger partial charge in [-0.2, -0.15) is 0 Å². The first kappa shape index (κ1) is 452. The average Bonchev–Trinajstić information content (AvgIpc) is 0. The molecule has 0 nitrogen and oxygen atoms in total. The van der Waals surface area contributed by atoms with Gasteiger partial charge in [0, 0.05) is 55.2 Å². The Morgan fingerprint density at radius 1 is 0.300 bits per heavy atom. The molecule has 0 aliphatic heterocycles. The minimum absolute atomic E-state index is 0. The summed E-state index contributed by atoms with van der Waals surface area (Å²) in [5.74, 6) is 0. The van der Waals surface area contributed by atoms with Crippen molar-refractivity contribution in [3.05, 3.63) is 0 Å². The quantitative estimate of drug-likeness (QED) is 0.579. The fraction of sp³-hybridized carbons (Fsp3) is 1.00. The molecule has 0 aromatic carbocycles. The summed E-state index contributed by atoms with van der Waals surface area (Å²) in [4.78, 5) is 0. The molecule has 0 aromatic heterocycles. The van der Waals surface area contributed by atoms with E-state index in [1.807, 2.05) is 0 Å². The largest absolute Gasteiger partial charge is 0.0776 e. The van der Waals surface area contributed by atoms with Gasteiger partial charge in [-0.1, -0.05) is 52.0 Å². The SMILES string of the molecule is C.C.C.C.C.C.C.[Mn].[Mn].[Mo]. The first-order valence-corrected chi connectivity index (χ1v) is 0. The maximum Gasteiger partial charge on any atom is 0 e. The summed E-state index contributed by atoms with van der Waals surface area (Å²) in [7, 11) is 0. The van der Waals surface area contributed by atoms with Crippen molar-refractivity contribution >= 4 is 0 Å². The average molecular weight is 318 g/mol. The maximum atomic E-state index is 0. The fourth-order valence-electron chi connectivity index (χ4n) is 0. The molecule has 0 saturated heterocycles. The first-order chi connectivity index (χ1) is 0. The van der Waals surface area contributed by atoms with Crippen LogP contribution >= 0.6 is 0 Å². The van der Waals surface area contributed by atoms with Crippen molar-refractivity contribution in [1.82, 2.24) is 0 Å². The molecular weight excluding hydrogens is 290 g/mol. The molecule has 0 rings (SSSR count). The van der Waals surface area contributed by atoms with Crippen LogP contribution in [0, 0.1) is 0 Å². The third-order valence-corrected chi connectivity index (χ3v) is 0. The van der Waals surface area contributed by atoms with Crippen LogP contribution in [0.5, 0.6) is 0 Å². The van der Waals surface area contributed by atoms with Crippen LogP contribution < -0.4 is 0 Å². The Morgan fingerprint density at radius 2 is 0.300 bits per heavy atom. The zero-order valence-electron chi connectivity index (χ0n) is 1.16. The van der Waals surface area contributed by atoms with Crippen molar-refractivity contribution in [2.24, 2.45) is 0 Å². The van der Waals surface area contributed by atoms with E-state index in [0.717, 1.165) is 0 Å². The summed E-state index contributed by atoms with van der Waals surface area (Å²) < 4.78 is 0. The standard InChI is InChI=1S/7CH4.2Mn.Mo/h7*1H4;;;. The second-order valence-electron chi connectivity index (χ2n) is 0. The second-order valence-corrected chi connectivity index (χ2v) is 0. The Hall–Kier alpha value is 1.73. The Bertz CT molecular complexity index is 11.6. The van der Waals surface area contributed by atoms with Crippen LogP contribution in [0.15, 0.2) is 0 Å². The van der Waals surface area contributed by atoms with E-state index in [9.17, 15) is 0 Å². The number of rotatable bonds is 0. The number of hydrogen-bond acceptors (Lipinski definition) is 0. The van der Waals surface area contributed by atoms with Gasteiger partial charge >= 0.3 is 0 Å². The molecule has 2 radical (unpaired) electrons. The van der Waals surface area contributed by atoms with E-state index in [1.165, 1.54) is 0 Å². The van der Waals surface area contributed by atoms with E-state index in [4.69, 9.17) is 0 Å². The Balaban J connectivity index is 0. The molecular formula is C7H28Mn2Mo. The molecule has 0 aliphatic carbocycles. The maximum absolute atomic E-state index is 0. The zero-order valence-corrected chi connectivity index (χ0v) is 5.53. The van der Waals surface area contributed by atoms with Gasteiger partial charge in [0.1, 0.15) is 0 Å². The molecule has 10 heavy (non-hydrogen) atoms. The van der Waals surface area contributed by atoms with Gasteiger partial charge in [-0.05, 0) is 0 Å². The van der Waals surface area contributed by atoms with Gasteiger partial charge in [0.2, 0.25) is 0 Å². The Morgan fingerprint density at radius 3 is 0.300 bits per heavy atom. The van der Waals surface area contributed by atoms with E-state index in [2.05, 4.69) is 0 Å². The van der Waals surface area contributed by atoms with Crippen molar-refractivity contribution in [2.75, 3.05) is 0 Å². The van der Waals surface area contributed by atoms with Crippen molar-refractivity contribution < 1.29 is 55.2 Å². The third-order valence-electron chi connectivity index (χ3n) is 0. The van der Waals surface area contributed by atoms with Crippen LogP contribution in [0.3, 0.4) is 0 Å². The molecule has 0 atom stereocenters. The van der Waals surface area contributed by atoms with Crippen molar-refractivity contribution in [1.29, 1.82) is 0 Å². The molecule has 0 amide bonds. The predicted octanol–water partition coefficient (Wildman–Crippen LogP) is 4.45. The van der Waals surface area contributed by atoms with Crippen LogP contribution in [-0.4, -0.2) is 0 Å². The van der Waals surface area contributed by atoms with Crippen LogP contribution in [0.25, 0.3) is 0 Å². The van der Waals surface area contributed by atoms with E-state index in [-0.39, 0.29) is 107 Å². The Labute approximate surface area is 107 Å². The van der Waals surface area contributed by atoms with Crippen LogP contribution in [0.1, 0.15) is 52.0 Å². The molecule has 0 spiro atoms. The molecule has 0 unspecified atom stereocenters. The molecule has 0 saturated carbocycles. The van der Waals surface area contributed by atoms with Gasteiger partial charge in [0.05, 0.1) is 0 Å². The third kappa shape index (κ3) is 248. The van der Waals surface area contributed by atoms with Gasteiger partial charge < -0.3 is 0 Å². The van der Waals surface area contributed by atoms with Gasteiger partial charge in [-0.25, -0.2) is 0 Å². The Kier molecular flexibility index (Phi) is 15400. The summed E-state index contributed by atoms with van der Waals surface area (Å²) >= 11 is 0. The van der Waals surface area contributed by atoms with Crippen LogP contribution in [0.2, 0.25) is 0 Å². The number of hydrogen-bond donors (Lipinski definition) is 0. The predicted molar refractivity (Wildman–Crippen MR) is 47.1 cm³/mol. The molecule has 0 fully saturated rings. The van der Waals surface area contributed by atoms with Crippen LogP contribution in [0.4, 0.5) is 0 Å². The molecule has 0 aromatic rings. The summed E-state index contributed by atoms with van der Waals surface area (Å²) in [6.45, 7) is 0. The van der Waals surface area contributed by atoms with Crippen molar-refractivity contribution in [3.8, 4) is 0 Å². The van der Waals surface area contributed by atoms with E-state index in [1.54, 1.807) is 0 Å². The summed E-state index contributed by atoms with van der Waals surface area (Å²) in [6.07, 6.45) is 0. The molecule has 76 valence electrons. The van der Waals surface area contributed by atoms with Gasteiger partial charge in [0.15, 0.2) is 0 Å². The van der Waals surface area contributed by atoms with Crippen molar-refractivity contribution in [3.63, 3.8) is 0 Å². The molecule has 0 N–H and O–H groups in total. The summed E-state index contributed by atoms with van der Waals surface area (Å²) in [6, 6.07) is 0. The summed E-state index contributed by atoms with van der Waals surface area (Å²) in [5, 5.41) is 0. The molecule has 0 heterocycles. The van der Waals surface area contributed by atoms with E-state index in [0.29, 0.717) is 0 Å². The topological polar surface area (TPSA) is 0 Å². The van der Waals surface area contributed by atoms with Crippen LogP contribution in [-0.2, 0) is 55.2 Å². The smallest absolute Gasteiger partial charge is 0 e. The van der Waals surface area contributed by atoms with E-state index < -0.39 is 0 Å². The van der Waals surface area contributed by atoms with Gasteiger partial charge in [0.25, 0.3) is 0 Å². The molecule has 0 bridgehead atoms. The van der Waals surface area contributed by atoms with Crippen molar-refractivity contribution in [2.45, 2.75) is 52.0 Å². The van der Waals surface area contributed by atoms with E-state index >= 15 is 0 Å². The van der Waals surface area contributed by atoms with Gasteiger partial charge in [-0.3, -0.25) is 0 Å². The summed E-state index contributed by atoms with van der Waals surface area (Å²) in [5.41, 5.74) is 0. The van der Waals surface area contributed by atoms with Gasteiger partial charge in [-0.15, -0.1) is 0 Å². The first-order valence-electron chi connectivity index (χ1n) is 0. The molecule has 0 aliphatic rings. The monoisotopic (exact) mass is 320 g/mol. The normalized spacial score (nSPS) is 0. The fourth-order valence-corrected chi connectivity index (χ4v) is 0. The second kappa shape index (κ2) is 340. The minimum Gasteiger partial charge on any atom is -0.0776 e.